The lowest BCUT2D eigenvalue weighted by Crippen LogP contribution is -2.40. The van der Waals surface area contributed by atoms with E-state index in [1.165, 1.54) is 4.90 Å². The summed E-state index contributed by atoms with van der Waals surface area (Å²) in [6.07, 6.45) is -0.0257. The second-order valence-electron chi connectivity index (χ2n) is 5.13. The third kappa shape index (κ3) is 3.55. The van der Waals surface area contributed by atoms with Gasteiger partial charge >= 0.3 is 0 Å². The van der Waals surface area contributed by atoms with Crippen molar-refractivity contribution in [3.8, 4) is 0 Å². The summed E-state index contributed by atoms with van der Waals surface area (Å²) in [5.41, 5.74) is 0.100. The summed E-state index contributed by atoms with van der Waals surface area (Å²) in [4.78, 5) is 25.0. The topological polar surface area (TPSA) is 69.6 Å². The van der Waals surface area contributed by atoms with E-state index < -0.39 is 23.6 Å². The fourth-order valence-corrected chi connectivity index (χ4v) is 2.23. The van der Waals surface area contributed by atoms with Gasteiger partial charge in [0.2, 0.25) is 11.8 Å². The van der Waals surface area contributed by atoms with Gasteiger partial charge in [-0.3, -0.25) is 9.59 Å². The van der Waals surface area contributed by atoms with Gasteiger partial charge < -0.3 is 15.3 Å². The van der Waals surface area contributed by atoms with Gasteiger partial charge in [-0.1, -0.05) is 0 Å². The number of benzene rings is 1. The molecule has 1 fully saturated rings. The summed E-state index contributed by atoms with van der Waals surface area (Å²) >= 11 is 0. The molecule has 0 aromatic heterocycles. The molecule has 0 aliphatic carbocycles. The molecule has 1 aliphatic heterocycles. The standard InChI is InChI=1S/C14H16F2N2O3/c1-8(7-19)17-14(21)9-2-13(20)18(6-9)12-4-10(15)3-11(16)5-12/h3-5,8-9,19H,2,6-7H2,1H3,(H,17,21). The molecule has 21 heavy (non-hydrogen) atoms. The zero-order chi connectivity index (χ0) is 15.6. The summed E-state index contributed by atoms with van der Waals surface area (Å²) in [6.45, 7) is 1.49. The zero-order valence-electron chi connectivity index (χ0n) is 11.5. The van der Waals surface area contributed by atoms with Crippen molar-refractivity contribution < 1.29 is 23.5 Å². The van der Waals surface area contributed by atoms with Crippen molar-refractivity contribution in [3.63, 3.8) is 0 Å². The molecule has 7 heteroatoms. The monoisotopic (exact) mass is 298 g/mol. The first-order chi connectivity index (χ1) is 9.90. The van der Waals surface area contributed by atoms with Gasteiger partial charge in [0, 0.05) is 30.8 Å². The van der Waals surface area contributed by atoms with Crippen LogP contribution in [0.5, 0.6) is 0 Å². The minimum atomic E-state index is -0.778. The van der Waals surface area contributed by atoms with Crippen LogP contribution in [0.15, 0.2) is 18.2 Å². The number of nitrogens with one attached hydrogen (secondary N) is 1. The van der Waals surface area contributed by atoms with E-state index in [2.05, 4.69) is 5.32 Å². The number of aliphatic hydroxyl groups excluding tert-OH is 1. The van der Waals surface area contributed by atoms with Crippen LogP contribution in [0.2, 0.25) is 0 Å². The van der Waals surface area contributed by atoms with Crippen LogP contribution in [0.4, 0.5) is 14.5 Å². The van der Waals surface area contributed by atoms with Crippen LogP contribution in [0.3, 0.4) is 0 Å². The smallest absolute Gasteiger partial charge is 0.227 e. The zero-order valence-corrected chi connectivity index (χ0v) is 11.5. The van der Waals surface area contributed by atoms with E-state index in [-0.39, 0.29) is 37.1 Å². The molecule has 1 aromatic carbocycles. The first-order valence-electron chi connectivity index (χ1n) is 6.58. The van der Waals surface area contributed by atoms with Gasteiger partial charge in [-0.25, -0.2) is 8.78 Å². The predicted octanol–water partition coefficient (Wildman–Crippen LogP) is 0.815. The fraction of sp³-hybridized carbons (Fsp3) is 0.429. The molecule has 2 amide bonds. The number of carbonyl (C=O) groups excluding carboxylic acids is 2. The van der Waals surface area contributed by atoms with Crippen LogP contribution in [-0.2, 0) is 9.59 Å². The highest BCUT2D eigenvalue weighted by molar-refractivity contribution is 6.00. The lowest BCUT2D eigenvalue weighted by atomic mass is 10.1. The molecule has 0 saturated carbocycles. The van der Waals surface area contributed by atoms with Gasteiger partial charge in [0.1, 0.15) is 11.6 Å². The normalized spacial score (nSPS) is 19.7. The minimum absolute atomic E-state index is 0.0257. The second-order valence-corrected chi connectivity index (χ2v) is 5.13. The number of hydrogen-bond donors (Lipinski definition) is 2. The molecule has 1 aliphatic rings. The predicted molar refractivity (Wildman–Crippen MR) is 71.5 cm³/mol. The average molecular weight is 298 g/mol. The van der Waals surface area contributed by atoms with Crippen molar-refractivity contribution in [2.75, 3.05) is 18.1 Å². The molecule has 5 nitrogen and oxygen atoms in total. The van der Waals surface area contributed by atoms with Crippen molar-refractivity contribution in [2.24, 2.45) is 5.92 Å². The van der Waals surface area contributed by atoms with Crippen LogP contribution in [0.25, 0.3) is 0 Å². The van der Waals surface area contributed by atoms with Crippen LogP contribution in [0, 0.1) is 17.6 Å². The number of rotatable bonds is 4. The Labute approximate surface area is 120 Å². The molecule has 2 rings (SSSR count). The molecule has 1 heterocycles. The summed E-state index contributed by atoms with van der Waals surface area (Å²) in [6, 6.07) is 2.42. The Bertz CT molecular complexity index is 545. The molecule has 0 radical (unpaired) electrons. The average Bonchev–Trinajstić information content (AvgIpc) is 2.79. The SMILES string of the molecule is CC(CO)NC(=O)C1CC(=O)N(c2cc(F)cc(F)c2)C1. The minimum Gasteiger partial charge on any atom is -0.394 e. The Balaban J connectivity index is 2.10. The van der Waals surface area contributed by atoms with Crippen LogP contribution >= 0.6 is 0 Å². The number of nitrogens with zero attached hydrogens (tertiary/aromatic N) is 1. The lowest BCUT2D eigenvalue weighted by molar-refractivity contribution is -0.127. The molecule has 2 atom stereocenters. The molecule has 2 unspecified atom stereocenters. The van der Waals surface area contributed by atoms with Crippen molar-refractivity contribution in [3.05, 3.63) is 29.8 Å². The fourth-order valence-electron chi connectivity index (χ4n) is 2.23. The maximum atomic E-state index is 13.2. The number of hydrogen-bond acceptors (Lipinski definition) is 3. The Kier molecular flexibility index (Phi) is 4.52. The van der Waals surface area contributed by atoms with E-state index in [1.54, 1.807) is 6.92 Å². The molecular formula is C14H16F2N2O3. The Hall–Kier alpha value is -2.02. The third-order valence-electron chi connectivity index (χ3n) is 3.32. The maximum Gasteiger partial charge on any atom is 0.227 e. The highest BCUT2D eigenvalue weighted by atomic mass is 19.1. The van der Waals surface area contributed by atoms with Crippen LogP contribution < -0.4 is 10.2 Å². The Morgan fingerprint density at radius 3 is 2.62 bits per heavy atom. The third-order valence-corrected chi connectivity index (χ3v) is 3.32. The van der Waals surface area contributed by atoms with Crippen molar-refractivity contribution >= 4 is 17.5 Å². The van der Waals surface area contributed by atoms with E-state index in [9.17, 15) is 18.4 Å². The number of amides is 2. The van der Waals surface area contributed by atoms with Crippen molar-refractivity contribution in [1.29, 1.82) is 0 Å². The van der Waals surface area contributed by atoms with Gasteiger partial charge in [-0.2, -0.15) is 0 Å². The number of halogens is 2. The van der Waals surface area contributed by atoms with Gasteiger partial charge in [-0.05, 0) is 19.1 Å². The molecule has 114 valence electrons. The summed E-state index contributed by atoms with van der Waals surface area (Å²) in [7, 11) is 0. The van der Waals surface area contributed by atoms with E-state index in [1.807, 2.05) is 0 Å². The maximum absolute atomic E-state index is 13.2. The highest BCUT2D eigenvalue weighted by Crippen LogP contribution is 2.26. The highest BCUT2D eigenvalue weighted by Gasteiger charge is 2.35. The number of carbonyl (C=O) groups is 2. The molecular weight excluding hydrogens is 282 g/mol. The van der Waals surface area contributed by atoms with E-state index in [0.29, 0.717) is 0 Å². The molecule has 1 aromatic rings. The van der Waals surface area contributed by atoms with E-state index in [0.717, 1.165) is 18.2 Å². The van der Waals surface area contributed by atoms with Gasteiger partial charge in [0.25, 0.3) is 0 Å². The molecule has 1 saturated heterocycles. The molecule has 0 bridgehead atoms. The van der Waals surface area contributed by atoms with Crippen molar-refractivity contribution in [1.82, 2.24) is 5.32 Å². The Morgan fingerprint density at radius 2 is 2.05 bits per heavy atom. The van der Waals surface area contributed by atoms with Gasteiger partial charge in [-0.15, -0.1) is 0 Å². The van der Waals surface area contributed by atoms with Crippen molar-refractivity contribution in [2.45, 2.75) is 19.4 Å². The van der Waals surface area contributed by atoms with Crippen LogP contribution in [0.1, 0.15) is 13.3 Å². The summed E-state index contributed by atoms with van der Waals surface area (Å²) in [5, 5.41) is 11.5. The number of anilines is 1. The largest absolute Gasteiger partial charge is 0.394 e. The first-order valence-corrected chi connectivity index (χ1v) is 6.58. The number of aliphatic hydroxyl groups is 1. The van der Waals surface area contributed by atoms with Gasteiger partial charge in [0.05, 0.1) is 12.5 Å². The van der Waals surface area contributed by atoms with Crippen LogP contribution in [-0.4, -0.2) is 36.1 Å². The lowest BCUT2D eigenvalue weighted by Gasteiger charge is -2.18. The van der Waals surface area contributed by atoms with E-state index in [4.69, 9.17) is 5.11 Å². The quantitative estimate of drug-likeness (QED) is 0.864. The van der Waals surface area contributed by atoms with E-state index >= 15 is 0 Å². The Morgan fingerprint density at radius 1 is 1.43 bits per heavy atom. The first kappa shape index (κ1) is 15.4. The molecule has 2 N–H and O–H groups in total. The summed E-state index contributed by atoms with van der Waals surface area (Å²) in [5.74, 6) is -2.88. The van der Waals surface area contributed by atoms with Gasteiger partial charge in [0.15, 0.2) is 0 Å². The second kappa shape index (κ2) is 6.17. The summed E-state index contributed by atoms with van der Waals surface area (Å²) < 4.78 is 26.4. The molecule has 0 spiro atoms.